The monoisotopic (exact) mass is 464 g/mol. The van der Waals surface area contributed by atoms with Crippen LogP contribution in [0.3, 0.4) is 0 Å². The van der Waals surface area contributed by atoms with Crippen LogP contribution >= 0.6 is 24.8 Å². The van der Waals surface area contributed by atoms with Gasteiger partial charge in [0.25, 0.3) is 0 Å². The van der Waals surface area contributed by atoms with E-state index in [2.05, 4.69) is 22.4 Å². The van der Waals surface area contributed by atoms with Gasteiger partial charge in [-0.2, -0.15) is 0 Å². The van der Waals surface area contributed by atoms with Gasteiger partial charge in [-0.15, -0.1) is 24.8 Å². The highest BCUT2D eigenvalue weighted by Gasteiger charge is 2.44. The molecule has 1 heterocycles. The van der Waals surface area contributed by atoms with Gasteiger partial charge in [-0.1, -0.05) is 42.5 Å². The number of nitrogens with two attached hydrogens (primary N) is 1. The van der Waals surface area contributed by atoms with Crippen LogP contribution in [-0.4, -0.2) is 28.0 Å². The van der Waals surface area contributed by atoms with Crippen molar-refractivity contribution < 1.29 is 9.18 Å². The molecule has 1 aliphatic carbocycles. The maximum atomic E-state index is 13.5. The van der Waals surface area contributed by atoms with Crippen molar-refractivity contribution in [1.29, 1.82) is 0 Å². The first-order valence-corrected chi connectivity index (χ1v) is 9.88. The molecule has 1 fully saturated rings. The number of carbonyl (C=O) groups excluding carboxylic acids is 1. The molecule has 1 saturated carbocycles. The summed E-state index contributed by atoms with van der Waals surface area (Å²) in [6, 6.07) is 16.1. The third-order valence-electron chi connectivity index (χ3n) is 5.55. The van der Waals surface area contributed by atoms with Crippen LogP contribution in [0.5, 0.6) is 0 Å². The largest absolute Gasteiger partial charge is 0.354 e. The number of amides is 1. The number of rotatable bonds is 8. The van der Waals surface area contributed by atoms with E-state index >= 15 is 0 Å². The molecule has 0 bridgehead atoms. The average molecular weight is 465 g/mol. The Morgan fingerprint density at radius 1 is 1.16 bits per heavy atom. The molecule has 0 radical (unpaired) electrons. The van der Waals surface area contributed by atoms with Gasteiger partial charge in [0.05, 0.1) is 18.1 Å². The van der Waals surface area contributed by atoms with Crippen molar-refractivity contribution in [3.63, 3.8) is 0 Å². The molecule has 3 aromatic rings. The highest BCUT2D eigenvalue weighted by Crippen LogP contribution is 2.47. The second kappa shape index (κ2) is 10.8. The molecule has 31 heavy (non-hydrogen) atoms. The van der Waals surface area contributed by atoms with Gasteiger partial charge in [0.15, 0.2) is 0 Å². The van der Waals surface area contributed by atoms with Crippen molar-refractivity contribution >= 4 is 30.7 Å². The molecular formula is C23H27Cl2FN4O. The third-order valence-corrected chi connectivity index (χ3v) is 5.55. The van der Waals surface area contributed by atoms with Crippen LogP contribution in [0.15, 0.2) is 67.1 Å². The number of nitrogens with zero attached hydrogens (tertiary/aromatic N) is 2. The maximum absolute atomic E-state index is 13.5. The van der Waals surface area contributed by atoms with Crippen molar-refractivity contribution in [2.24, 2.45) is 5.73 Å². The molecule has 2 aromatic carbocycles. The summed E-state index contributed by atoms with van der Waals surface area (Å²) in [7, 11) is 0. The Kier molecular flexibility index (Phi) is 8.62. The number of aromatic nitrogens is 2. The lowest BCUT2D eigenvalue weighted by Gasteiger charge is -2.18. The Balaban J connectivity index is 0.00000171. The van der Waals surface area contributed by atoms with Crippen LogP contribution in [0.25, 0.3) is 0 Å². The molecule has 1 aliphatic rings. The van der Waals surface area contributed by atoms with E-state index in [4.69, 9.17) is 5.73 Å². The van der Waals surface area contributed by atoms with E-state index in [1.54, 1.807) is 18.5 Å². The zero-order valence-electron chi connectivity index (χ0n) is 17.0. The predicted molar refractivity (Wildman–Crippen MR) is 124 cm³/mol. The Morgan fingerprint density at radius 3 is 2.58 bits per heavy atom. The zero-order chi connectivity index (χ0) is 20.3. The predicted octanol–water partition coefficient (Wildman–Crippen LogP) is 3.63. The lowest BCUT2D eigenvalue weighted by Crippen LogP contribution is -2.44. The molecule has 4 rings (SSSR count). The standard InChI is InChI=1S/C23H25FN4O.2ClH/c24-19-8-4-7-18(11-19)23(9-10-23)15-26-22(29)21(25)12-20-14-28(16-27-20)13-17-5-2-1-3-6-17;;/h1-8,11,14,16,21H,9-10,12-13,15,25H2,(H,26,29);2*1H/t21-;;/m0../s1. The summed E-state index contributed by atoms with van der Waals surface area (Å²) >= 11 is 0. The fraction of sp³-hybridized carbons (Fsp3) is 0.304. The summed E-state index contributed by atoms with van der Waals surface area (Å²) in [6.45, 7) is 1.21. The summed E-state index contributed by atoms with van der Waals surface area (Å²) in [5.41, 5.74) is 8.85. The molecule has 0 spiro atoms. The molecule has 3 N–H and O–H groups in total. The van der Waals surface area contributed by atoms with Gasteiger partial charge in [0.1, 0.15) is 5.82 Å². The number of hydrogen-bond donors (Lipinski definition) is 2. The Morgan fingerprint density at radius 2 is 1.90 bits per heavy atom. The molecule has 5 nitrogen and oxygen atoms in total. The molecule has 0 aliphatic heterocycles. The molecule has 166 valence electrons. The van der Waals surface area contributed by atoms with Gasteiger partial charge < -0.3 is 15.6 Å². The average Bonchev–Trinajstić information content (AvgIpc) is 3.40. The van der Waals surface area contributed by atoms with Crippen molar-refractivity contribution in [2.45, 2.75) is 37.3 Å². The first-order chi connectivity index (χ1) is 14.0. The van der Waals surface area contributed by atoms with E-state index in [-0.39, 0.29) is 42.0 Å². The second-order valence-electron chi connectivity index (χ2n) is 7.84. The van der Waals surface area contributed by atoms with E-state index in [1.807, 2.05) is 35.0 Å². The molecule has 0 unspecified atom stereocenters. The minimum Gasteiger partial charge on any atom is -0.354 e. The lowest BCUT2D eigenvalue weighted by molar-refractivity contribution is -0.122. The minimum absolute atomic E-state index is 0. The Hall–Kier alpha value is -2.41. The highest BCUT2D eigenvalue weighted by atomic mass is 35.5. The van der Waals surface area contributed by atoms with Crippen LogP contribution < -0.4 is 11.1 Å². The van der Waals surface area contributed by atoms with Gasteiger partial charge in [-0.25, -0.2) is 9.37 Å². The molecule has 1 atom stereocenters. The second-order valence-corrected chi connectivity index (χ2v) is 7.84. The van der Waals surface area contributed by atoms with E-state index < -0.39 is 6.04 Å². The first-order valence-electron chi connectivity index (χ1n) is 9.88. The highest BCUT2D eigenvalue weighted by molar-refractivity contribution is 5.85. The molecular weight excluding hydrogens is 438 g/mol. The SMILES string of the molecule is Cl.Cl.N[C@@H](Cc1cn(Cc2ccccc2)cn1)C(=O)NCC1(c2cccc(F)c2)CC1. The molecule has 1 amide bonds. The summed E-state index contributed by atoms with van der Waals surface area (Å²) in [5.74, 6) is -0.451. The maximum Gasteiger partial charge on any atom is 0.237 e. The molecule has 0 saturated heterocycles. The van der Waals surface area contributed by atoms with Crippen molar-refractivity contribution in [3.05, 3.63) is 89.8 Å². The van der Waals surface area contributed by atoms with Crippen LogP contribution in [0.4, 0.5) is 4.39 Å². The van der Waals surface area contributed by atoms with Crippen LogP contribution in [0.1, 0.15) is 29.7 Å². The summed E-state index contributed by atoms with van der Waals surface area (Å²) < 4.78 is 15.5. The van der Waals surface area contributed by atoms with Gasteiger partial charge in [-0.3, -0.25) is 4.79 Å². The lowest BCUT2D eigenvalue weighted by atomic mass is 9.95. The fourth-order valence-electron chi connectivity index (χ4n) is 3.63. The Labute approximate surface area is 194 Å². The van der Waals surface area contributed by atoms with E-state index in [9.17, 15) is 9.18 Å². The van der Waals surface area contributed by atoms with Crippen LogP contribution in [0, 0.1) is 5.82 Å². The minimum atomic E-state index is -0.668. The van der Waals surface area contributed by atoms with Crippen LogP contribution in [-0.2, 0) is 23.2 Å². The van der Waals surface area contributed by atoms with Crippen molar-refractivity contribution in [3.8, 4) is 0 Å². The third kappa shape index (κ3) is 6.29. The summed E-state index contributed by atoms with van der Waals surface area (Å²) in [4.78, 5) is 16.8. The number of halogens is 3. The number of benzene rings is 2. The van der Waals surface area contributed by atoms with E-state index in [0.717, 1.165) is 30.6 Å². The van der Waals surface area contributed by atoms with Crippen molar-refractivity contribution in [1.82, 2.24) is 14.9 Å². The number of carbonyl (C=O) groups is 1. The van der Waals surface area contributed by atoms with Gasteiger partial charge in [-0.05, 0) is 36.1 Å². The van der Waals surface area contributed by atoms with E-state index in [1.165, 1.54) is 11.6 Å². The molecule has 8 heteroatoms. The summed E-state index contributed by atoms with van der Waals surface area (Å²) in [5, 5.41) is 2.95. The number of nitrogens with one attached hydrogen (secondary N) is 1. The number of hydrogen-bond acceptors (Lipinski definition) is 3. The zero-order valence-corrected chi connectivity index (χ0v) is 18.7. The van der Waals surface area contributed by atoms with E-state index in [0.29, 0.717) is 13.0 Å². The fourth-order valence-corrected chi connectivity index (χ4v) is 3.63. The van der Waals surface area contributed by atoms with Crippen LogP contribution in [0.2, 0.25) is 0 Å². The van der Waals surface area contributed by atoms with Gasteiger partial charge in [0, 0.05) is 31.1 Å². The quantitative estimate of drug-likeness (QED) is 0.534. The topological polar surface area (TPSA) is 72.9 Å². The van der Waals surface area contributed by atoms with Gasteiger partial charge >= 0.3 is 0 Å². The smallest absolute Gasteiger partial charge is 0.237 e. The Bertz CT molecular complexity index is 992. The van der Waals surface area contributed by atoms with Crippen molar-refractivity contribution in [2.75, 3.05) is 6.54 Å². The normalized spacial score (nSPS) is 14.6. The summed E-state index contributed by atoms with van der Waals surface area (Å²) in [6.07, 6.45) is 5.94. The first kappa shape index (κ1) is 24.9. The van der Waals surface area contributed by atoms with Gasteiger partial charge in [0.2, 0.25) is 5.91 Å². The molecule has 1 aromatic heterocycles. The number of imidazole rings is 1.